The van der Waals surface area contributed by atoms with E-state index in [1.54, 1.807) is 6.92 Å². The fourth-order valence-corrected chi connectivity index (χ4v) is 2.20. The molecule has 0 aromatic rings. The van der Waals surface area contributed by atoms with Gasteiger partial charge in [0.2, 0.25) is 11.6 Å². The Bertz CT molecular complexity index is 367. The molecule has 1 atom stereocenters. The van der Waals surface area contributed by atoms with Crippen LogP contribution in [0.5, 0.6) is 0 Å². The molecule has 16 heavy (non-hydrogen) atoms. The molecule has 4 heteroatoms. The molecule has 1 heterocycles. The summed E-state index contributed by atoms with van der Waals surface area (Å²) in [5.41, 5.74) is -1.74. The molecule has 0 N–H and O–H groups in total. The van der Waals surface area contributed by atoms with Crippen molar-refractivity contribution >= 4 is 17.3 Å². The van der Waals surface area contributed by atoms with E-state index >= 15 is 0 Å². The first kappa shape index (κ1) is 11.5. The lowest BCUT2D eigenvalue weighted by molar-refractivity contribution is -0.151. The van der Waals surface area contributed by atoms with E-state index in [9.17, 15) is 14.4 Å². The van der Waals surface area contributed by atoms with Crippen LogP contribution < -0.4 is 0 Å². The summed E-state index contributed by atoms with van der Waals surface area (Å²) in [4.78, 5) is 35.4. The summed E-state index contributed by atoms with van der Waals surface area (Å²) in [6, 6.07) is 0. The molecule has 1 spiro atoms. The normalized spacial score (nSPS) is 33.0. The second kappa shape index (κ2) is 3.48. The van der Waals surface area contributed by atoms with Crippen LogP contribution in [0.4, 0.5) is 0 Å². The average Bonchev–Trinajstić information content (AvgIpc) is 3.04. The van der Waals surface area contributed by atoms with Gasteiger partial charge in [-0.3, -0.25) is 14.4 Å². The molecule has 1 unspecified atom stereocenters. The van der Waals surface area contributed by atoms with E-state index in [4.69, 9.17) is 4.74 Å². The summed E-state index contributed by atoms with van der Waals surface area (Å²) in [6.45, 7) is 3.76. The Hall–Kier alpha value is -1.03. The van der Waals surface area contributed by atoms with Crippen LogP contribution in [0.3, 0.4) is 0 Å². The van der Waals surface area contributed by atoms with Crippen molar-refractivity contribution in [2.24, 2.45) is 5.41 Å². The van der Waals surface area contributed by atoms with Crippen molar-refractivity contribution in [1.29, 1.82) is 0 Å². The highest BCUT2D eigenvalue weighted by molar-refractivity contribution is 6.66. The monoisotopic (exact) mass is 224 g/mol. The van der Waals surface area contributed by atoms with Crippen LogP contribution in [-0.2, 0) is 19.1 Å². The van der Waals surface area contributed by atoms with Crippen molar-refractivity contribution in [2.75, 3.05) is 6.61 Å². The van der Waals surface area contributed by atoms with Gasteiger partial charge in [-0.05, 0) is 26.2 Å². The number of rotatable bonds is 2. The molecule has 1 saturated carbocycles. The summed E-state index contributed by atoms with van der Waals surface area (Å²) < 4.78 is 5.57. The SMILES string of the molecule is CCCC1(C)OCC2(CC2)C(=O)C(=O)C1=O. The van der Waals surface area contributed by atoms with Crippen LogP contribution in [0.2, 0.25) is 0 Å². The Kier molecular flexibility index (Phi) is 2.49. The highest BCUT2D eigenvalue weighted by atomic mass is 16.5. The number of hydrogen-bond acceptors (Lipinski definition) is 4. The molecule has 0 aromatic carbocycles. The van der Waals surface area contributed by atoms with Crippen LogP contribution in [0, 0.1) is 5.41 Å². The zero-order chi connectivity index (χ0) is 12.0. The summed E-state index contributed by atoms with van der Waals surface area (Å²) in [5.74, 6) is -2.05. The van der Waals surface area contributed by atoms with Gasteiger partial charge < -0.3 is 4.74 Å². The third-order valence-electron chi connectivity index (χ3n) is 3.62. The van der Waals surface area contributed by atoms with Crippen molar-refractivity contribution in [2.45, 2.75) is 45.1 Å². The number of Topliss-reactive ketones (excluding diaryl/α,β-unsaturated/α-hetero) is 3. The van der Waals surface area contributed by atoms with E-state index in [1.807, 2.05) is 6.92 Å². The van der Waals surface area contributed by atoms with Gasteiger partial charge in [0, 0.05) is 0 Å². The van der Waals surface area contributed by atoms with Gasteiger partial charge in [-0.25, -0.2) is 0 Å². The zero-order valence-corrected chi connectivity index (χ0v) is 9.67. The summed E-state index contributed by atoms with van der Waals surface area (Å²) in [5, 5.41) is 0. The zero-order valence-electron chi connectivity index (χ0n) is 9.67. The first-order valence-electron chi connectivity index (χ1n) is 5.73. The number of hydrogen-bond donors (Lipinski definition) is 0. The second-order valence-corrected chi connectivity index (χ2v) is 5.04. The topological polar surface area (TPSA) is 60.4 Å². The smallest absolute Gasteiger partial charge is 0.267 e. The molecule has 0 bridgehead atoms. The minimum atomic E-state index is -1.09. The van der Waals surface area contributed by atoms with Crippen molar-refractivity contribution in [1.82, 2.24) is 0 Å². The molecule has 0 amide bonds. The minimum absolute atomic E-state index is 0.222. The van der Waals surface area contributed by atoms with Crippen LogP contribution in [0.25, 0.3) is 0 Å². The van der Waals surface area contributed by atoms with Crippen molar-refractivity contribution in [3.63, 3.8) is 0 Å². The Morgan fingerprint density at radius 3 is 2.31 bits per heavy atom. The lowest BCUT2D eigenvalue weighted by Gasteiger charge is -2.25. The molecule has 4 nitrogen and oxygen atoms in total. The predicted molar refractivity (Wildman–Crippen MR) is 56.0 cm³/mol. The van der Waals surface area contributed by atoms with Crippen molar-refractivity contribution < 1.29 is 19.1 Å². The van der Waals surface area contributed by atoms with E-state index in [1.165, 1.54) is 0 Å². The van der Waals surface area contributed by atoms with Crippen LogP contribution >= 0.6 is 0 Å². The first-order valence-corrected chi connectivity index (χ1v) is 5.73. The number of ether oxygens (including phenoxy) is 1. The van der Waals surface area contributed by atoms with E-state index in [2.05, 4.69) is 0 Å². The Morgan fingerprint density at radius 2 is 1.81 bits per heavy atom. The van der Waals surface area contributed by atoms with Gasteiger partial charge in [0.05, 0.1) is 12.0 Å². The lowest BCUT2D eigenvalue weighted by Crippen LogP contribution is -2.42. The largest absolute Gasteiger partial charge is 0.366 e. The fraction of sp³-hybridized carbons (Fsp3) is 0.750. The Balaban J connectivity index is 2.30. The fourth-order valence-electron chi connectivity index (χ4n) is 2.20. The molecule has 0 aromatic heterocycles. The first-order chi connectivity index (χ1) is 7.45. The van der Waals surface area contributed by atoms with Crippen LogP contribution in [-0.4, -0.2) is 29.6 Å². The highest BCUT2D eigenvalue weighted by Crippen LogP contribution is 2.49. The van der Waals surface area contributed by atoms with Crippen LogP contribution in [0.1, 0.15) is 39.5 Å². The third-order valence-corrected chi connectivity index (χ3v) is 3.62. The quantitative estimate of drug-likeness (QED) is 0.658. The van der Waals surface area contributed by atoms with Gasteiger partial charge in [0.15, 0.2) is 0 Å². The van der Waals surface area contributed by atoms with E-state index < -0.39 is 28.4 Å². The van der Waals surface area contributed by atoms with E-state index in [0.717, 1.165) is 6.42 Å². The molecular formula is C12H16O4. The molecule has 1 aliphatic heterocycles. The maximum atomic E-state index is 11.9. The molecule has 2 aliphatic rings. The van der Waals surface area contributed by atoms with E-state index in [-0.39, 0.29) is 6.61 Å². The standard InChI is InChI=1S/C12H16O4/c1-3-4-11(2)9(14)8(13)10(15)12(5-6-12)7-16-11/h3-7H2,1-2H3. The van der Waals surface area contributed by atoms with Crippen LogP contribution in [0.15, 0.2) is 0 Å². The molecule has 0 radical (unpaired) electrons. The molecule has 2 rings (SSSR count). The van der Waals surface area contributed by atoms with Crippen molar-refractivity contribution in [3.8, 4) is 0 Å². The summed E-state index contributed by atoms with van der Waals surface area (Å²) >= 11 is 0. The predicted octanol–water partition coefficient (Wildman–Crippen LogP) is 1.06. The molecular weight excluding hydrogens is 208 g/mol. The third kappa shape index (κ3) is 1.52. The summed E-state index contributed by atoms with van der Waals surface area (Å²) in [6.07, 6.45) is 2.58. The van der Waals surface area contributed by atoms with Crippen molar-refractivity contribution in [3.05, 3.63) is 0 Å². The van der Waals surface area contributed by atoms with Gasteiger partial charge in [0.25, 0.3) is 5.78 Å². The number of carbonyl (C=O) groups excluding carboxylic acids is 3. The average molecular weight is 224 g/mol. The lowest BCUT2D eigenvalue weighted by atomic mass is 9.89. The Morgan fingerprint density at radius 1 is 1.19 bits per heavy atom. The van der Waals surface area contributed by atoms with Gasteiger partial charge in [-0.2, -0.15) is 0 Å². The molecule has 1 saturated heterocycles. The molecule has 88 valence electrons. The van der Waals surface area contributed by atoms with Gasteiger partial charge >= 0.3 is 0 Å². The number of ketones is 3. The number of carbonyl (C=O) groups is 3. The Labute approximate surface area is 94.3 Å². The van der Waals surface area contributed by atoms with E-state index in [0.29, 0.717) is 19.3 Å². The second-order valence-electron chi connectivity index (χ2n) is 5.04. The molecule has 2 fully saturated rings. The van der Waals surface area contributed by atoms with Gasteiger partial charge in [-0.15, -0.1) is 0 Å². The minimum Gasteiger partial charge on any atom is -0.366 e. The maximum absolute atomic E-state index is 11.9. The highest BCUT2D eigenvalue weighted by Gasteiger charge is 2.59. The maximum Gasteiger partial charge on any atom is 0.267 e. The molecule has 1 aliphatic carbocycles. The van der Waals surface area contributed by atoms with Gasteiger partial charge in [0.1, 0.15) is 5.60 Å². The summed E-state index contributed by atoms with van der Waals surface area (Å²) in [7, 11) is 0. The van der Waals surface area contributed by atoms with Gasteiger partial charge in [-0.1, -0.05) is 13.3 Å².